The number of aliphatic imine (C=N–C) groups is 1. The molecule has 0 saturated heterocycles. The average Bonchev–Trinajstić information content (AvgIpc) is 3.35. The second-order valence-corrected chi connectivity index (χ2v) is 7.93. The van der Waals surface area contributed by atoms with Crippen LogP contribution in [0.15, 0.2) is 96.0 Å². The first-order chi connectivity index (χ1) is 15.6. The van der Waals surface area contributed by atoms with E-state index in [2.05, 4.69) is 0 Å². The van der Waals surface area contributed by atoms with Gasteiger partial charge in [-0.05, 0) is 35.2 Å². The summed E-state index contributed by atoms with van der Waals surface area (Å²) in [5.41, 5.74) is 1.46. The van der Waals surface area contributed by atoms with Gasteiger partial charge >= 0.3 is 0 Å². The minimum atomic E-state index is -1.36. The molecule has 0 amide bonds. The number of nitrogens with zero attached hydrogens (tertiary/aromatic N) is 2. The lowest BCUT2D eigenvalue weighted by Crippen LogP contribution is -2.38. The predicted molar refractivity (Wildman–Crippen MR) is 120 cm³/mol. The minimum absolute atomic E-state index is 0.0166. The molecule has 6 nitrogen and oxygen atoms in total. The van der Waals surface area contributed by atoms with E-state index in [9.17, 15) is 14.9 Å². The largest absolute Gasteiger partial charge is 0.455 e. The summed E-state index contributed by atoms with van der Waals surface area (Å²) in [7, 11) is 0. The fourth-order valence-electron chi connectivity index (χ4n) is 4.78. The standard InChI is InChI=1S/C26H16N2O4/c29-24-20-10-4-8-16-9-5-11-21(22(16)20)26(24)23(17-12-14-19(15-13-17)28(30)31)27-25(32-26)18-6-2-1-3-7-18/h1-15,23H/t23-,26-/m1/s1. The van der Waals surface area contributed by atoms with Gasteiger partial charge in [-0.1, -0.05) is 54.6 Å². The summed E-state index contributed by atoms with van der Waals surface area (Å²) < 4.78 is 6.49. The topological polar surface area (TPSA) is 81.8 Å². The van der Waals surface area contributed by atoms with Gasteiger partial charge in [-0.2, -0.15) is 0 Å². The number of nitro groups is 1. The zero-order valence-electron chi connectivity index (χ0n) is 16.8. The highest BCUT2D eigenvalue weighted by Crippen LogP contribution is 2.54. The molecule has 2 atom stereocenters. The van der Waals surface area contributed by atoms with Crippen molar-refractivity contribution in [2.24, 2.45) is 4.99 Å². The van der Waals surface area contributed by atoms with Crippen molar-refractivity contribution in [3.63, 3.8) is 0 Å². The Kier molecular flexibility index (Phi) is 3.80. The molecule has 0 saturated carbocycles. The summed E-state index contributed by atoms with van der Waals surface area (Å²) in [5, 5.41) is 13.0. The van der Waals surface area contributed by atoms with Crippen molar-refractivity contribution in [1.82, 2.24) is 0 Å². The first-order valence-corrected chi connectivity index (χ1v) is 10.2. The highest BCUT2D eigenvalue weighted by Gasteiger charge is 2.59. The normalized spacial score (nSPS) is 21.1. The van der Waals surface area contributed by atoms with Crippen molar-refractivity contribution in [3.05, 3.63) is 123 Å². The van der Waals surface area contributed by atoms with Gasteiger partial charge in [-0.3, -0.25) is 14.9 Å². The van der Waals surface area contributed by atoms with Crippen molar-refractivity contribution in [3.8, 4) is 0 Å². The summed E-state index contributed by atoms with van der Waals surface area (Å²) in [5.74, 6) is 0.231. The van der Waals surface area contributed by atoms with E-state index < -0.39 is 16.6 Å². The van der Waals surface area contributed by atoms with E-state index in [0.29, 0.717) is 17.0 Å². The van der Waals surface area contributed by atoms with E-state index in [1.807, 2.05) is 66.7 Å². The minimum Gasteiger partial charge on any atom is -0.455 e. The van der Waals surface area contributed by atoms with Crippen LogP contribution in [0.3, 0.4) is 0 Å². The van der Waals surface area contributed by atoms with Crippen molar-refractivity contribution in [1.29, 1.82) is 0 Å². The number of carbonyl (C=O) groups is 1. The zero-order valence-corrected chi connectivity index (χ0v) is 16.8. The van der Waals surface area contributed by atoms with E-state index in [0.717, 1.165) is 21.9 Å². The lowest BCUT2D eigenvalue weighted by atomic mass is 9.82. The molecule has 1 aliphatic carbocycles. The Morgan fingerprint density at radius 2 is 1.59 bits per heavy atom. The number of ketones is 1. The van der Waals surface area contributed by atoms with Crippen LogP contribution in [0, 0.1) is 10.1 Å². The van der Waals surface area contributed by atoms with Crippen LogP contribution in [-0.2, 0) is 10.3 Å². The molecule has 2 aliphatic rings. The molecule has 0 aromatic heterocycles. The third-order valence-electron chi connectivity index (χ3n) is 6.22. The van der Waals surface area contributed by atoms with Crippen molar-refractivity contribution in [2.45, 2.75) is 11.6 Å². The monoisotopic (exact) mass is 420 g/mol. The van der Waals surface area contributed by atoms with E-state index in [4.69, 9.17) is 9.73 Å². The smallest absolute Gasteiger partial charge is 0.269 e. The molecule has 4 aromatic carbocycles. The van der Waals surface area contributed by atoms with Gasteiger partial charge in [0.15, 0.2) is 0 Å². The van der Waals surface area contributed by atoms with E-state index in [1.54, 1.807) is 12.1 Å². The maximum atomic E-state index is 13.9. The fraction of sp³-hybridized carbons (Fsp3) is 0.0769. The molecule has 1 spiro atoms. The van der Waals surface area contributed by atoms with Crippen LogP contribution < -0.4 is 0 Å². The summed E-state index contributed by atoms with van der Waals surface area (Å²) in [6.45, 7) is 0. The van der Waals surface area contributed by atoms with Gasteiger partial charge in [0, 0.05) is 34.2 Å². The first-order valence-electron chi connectivity index (χ1n) is 10.2. The maximum Gasteiger partial charge on any atom is 0.269 e. The molecule has 0 unspecified atom stereocenters. The Morgan fingerprint density at radius 3 is 2.31 bits per heavy atom. The molecule has 4 aromatic rings. The van der Waals surface area contributed by atoms with Crippen molar-refractivity contribution < 1.29 is 14.5 Å². The number of benzene rings is 4. The Morgan fingerprint density at radius 1 is 0.875 bits per heavy atom. The number of fused-ring (bicyclic) bond motifs is 1. The van der Waals surface area contributed by atoms with Gasteiger partial charge in [-0.25, -0.2) is 4.99 Å². The Labute approximate surface area is 182 Å². The Bertz CT molecular complexity index is 1440. The molecule has 0 radical (unpaired) electrons. The summed E-state index contributed by atoms with van der Waals surface area (Å²) >= 11 is 0. The zero-order chi connectivity index (χ0) is 21.9. The van der Waals surface area contributed by atoms with E-state index in [-0.39, 0.29) is 11.5 Å². The number of hydrogen-bond donors (Lipinski definition) is 0. The maximum absolute atomic E-state index is 13.9. The van der Waals surface area contributed by atoms with Crippen LogP contribution >= 0.6 is 0 Å². The number of ether oxygens (including phenoxy) is 1. The molecule has 1 heterocycles. The third kappa shape index (κ3) is 2.40. The number of hydrogen-bond acceptors (Lipinski definition) is 5. The van der Waals surface area contributed by atoms with Gasteiger partial charge < -0.3 is 4.74 Å². The summed E-state index contributed by atoms with van der Waals surface area (Å²) in [4.78, 5) is 29.5. The van der Waals surface area contributed by atoms with Crippen LogP contribution in [-0.4, -0.2) is 16.6 Å². The molecular formula is C26H16N2O4. The number of Topliss-reactive ketones (excluding diaryl/α,β-unsaturated/α-hetero) is 1. The lowest BCUT2D eigenvalue weighted by molar-refractivity contribution is -0.384. The van der Waals surface area contributed by atoms with Gasteiger partial charge in [0.1, 0.15) is 6.04 Å². The molecule has 154 valence electrons. The summed E-state index contributed by atoms with van der Waals surface area (Å²) in [6, 6.07) is 26.4. The SMILES string of the molecule is O=C1c2cccc3cccc(c23)[C@]12OC(c1ccccc1)=N[C@@H]2c1ccc([N+](=O)[O-])cc1. The van der Waals surface area contributed by atoms with Crippen LogP contribution in [0.4, 0.5) is 5.69 Å². The highest BCUT2D eigenvalue weighted by molar-refractivity contribution is 6.21. The molecule has 6 heteroatoms. The second kappa shape index (κ2) is 6.59. The molecule has 6 rings (SSSR count). The molecule has 1 aliphatic heterocycles. The molecule has 0 N–H and O–H groups in total. The lowest BCUT2D eigenvalue weighted by Gasteiger charge is -2.29. The Balaban J connectivity index is 1.59. The van der Waals surface area contributed by atoms with Crippen LogP contribution in [0.2, 0.25) is 0 Å². The fourth-order valence-corrected chi connectivity index (χ4v) is 4.78. The average molecular weight is 420 g/mol. The van der Waals surface area contributed by atoms with Crippen molar-refractivity contribution in [2.75, 3.05) is 0 Å². The quantitative estimate of drug-likeness (QED) is 0.330. The first kappa shape index (κ1) is 18.4. The number of nitro benzene ring substituents is 1. The number of rotatable bonds is 3. The van der Waals surface area contributed by atoms with Crippen LogP contribution in [0.5, 0.6) is 0 Å². The van der Waals surface area contributed by atoms with Gasteiger partial charge in [0.2, 0.25) is 17.3 Å². The van der Waals surface area contributed by atoms with Gasteiger partial charge in [0.25, 0.3) is 5.69 Å². The number of non-ortho nitro benzene ring substituents is 1. The molecule has 0 fully saturated rings. The third-order valence-corrected chi connectivity index (χ3v) is 6.22. The highest BCUT2D eigenvalue weighted by atomic mass is 16.6. The molecular weight excluding hydrogens is 404 g/mol. The van der Waals surface area contributed by atoms with Gasteiger partial charge in [0.05, 0.1) is 4.92 Å². The molecule has 32 heavy (non-hydrogen) atoms. The second-order valence-electron chi connectivity index (χ2n) is 7.93. The van der Waals surface area contributed by atoms with Crippen molar-refractivity contribution >= 4 is 28.1 Å². The van der Waals surface area contributed by atoms with Crippen LogP contribution in [0.25, 0.3) is 10.8 Å². The predicted octanol–water partition coefficient (Wildman–Crippen LogP) is 5.36. The molecule has 0 bridgehead atoms. The Hall–Kier alpha value is -4.32. The van der Waals surface area contributed by atoms with Gasteiger partial charge in [-0.15, -0.1) is 0 Å². The summed E-state index contributed by atoms with van der Waals surface area (Å²) in [6.07, 6.45) is 0. The number of carbonyl (C=O) groups excluding carboxylic acids is 1. The van der Waals surface area contributed by atoms with E-state index in [1.165, 1.54) is 12.1 Å². The van der Waals surface area contributed by atoms with Crippen LogP contribution in [0.1, 0.15) is 33.1 Å². The van der Waals surface area contributed by atoms with E-state index >= 15 is 0 Å².